The van der Waals surface area contributed by atoms with Crippen molar-refractivity contribution in [3.8, 4) is 5.75 Å². The van der Waals surface area contributed by atoms with Crippen molar-refractivity contribution >= 4 is 28.4 Å². The molecule has 1 aromatic heterocycles. The second kappa shape index (κ2) is 6.36. The van der Waals surface area contributed by atoms with Gasteiger partial charge in [-0.25, -0.2) is 4.98 Å². The molecule has 0 spiro atoms. The molecule has 0 aliphatic carbocycles. The number of pyridine rings is 1. The first-order valence-electron chi connectivity index (χ1n) is 7.28. The number of rotatable bonds is 5. The van der Waals surface area contributed by atoms with Crippen molar-refractivity contribution in [3.63, 3.8) is 0 Å². The Kier molecular flexibility index (Phi) is 4.10. The topological polar surface area (TPSA) is 74.3 Å². The number of nitrogens with zero attached hydrogens (tertiary/aromatic N) is 1. The van der Waals surface area contributed by atoms with Gasteiger partial charge in [0.25, 0.3) is 0 Å². The lowest BCUT2D eigenvalue weighted by Crippen LogP contribution is -2.22. The SMILES string of the molecule is CCOc1ccc(Nc2cc(C(=O)[O-])c3ccccc3n2)cc1. The van der Waals surface area contributed by atoms with Crippen LogP contribution in [0.5, 0.6) is 5.75 Å². The zero-order valence-electron chi connectivity index (χ0n) is 12.6. The lowest BCUT2D eigenvalue weighted by Gasteiger charge is -2.12. The zero-order chi connectivity index (χ0) is 16.2. The highest BCUT2D eigenvalue weighted by Gasteiger charge is 2.07. The fraction of sp³-hybridized carbons (Fsp3) is 0.111. The predicted octanol–water partition coefficient (Wildman–Crippen LogP) is 2.74. The number of anilines is 2. The fourth-order valence-corrected chi connectivity index (χ4v) is 2.36. The van der Waals surface area contributed by atoms with Gasteiger partial charge in [-0.05, 0) is 43.3 Å². The van der Waals surface area contributed by atoms with Gasteiger partial charge in [0.05, 0.1) is 18.1 Å². The van der Waals surface area contributed by atoms with E-state index < -0.39 is 5.97 Å². The average Bonchev–Trinajstić information content (AvgIpc) is 2.56. The van der Waals surface area contributed by atoms with Crippen LogP contribution in [0.15, 0.2) is 54.6 Å². The van der Waals surface area contributed by atoms with E-state index in [-0.39, 0.29) is 5.56 Å². The van der Waals surface area contributed by atoms with Crippen LogP contribution in [0.4, 0.5) is 11.5 Å². The first-order valence-corrected chi connectivity index (χ1v) is 7.28. The van der Waals surface area contributed by atoms with Crippen LogP contribution in [0, 0.1) is 0 Å². The normalized spacial score (nSPS) is 10.5. The summed E-state index contributed by atoms with van der Waals surface area (Å²) < 4.78 is 5.39. The van der Waals surface area contributed by atoms with Crippen LogP contribution in [0.2, 0.25) is 0 Å². The molecule has 0 atom stereocenters. The van der Waals surface area contributed by atoms with Crippen molar-refractivity contribution in [3.05, 3.63) is 60.2 Å². The summed E-state index contributed by atoms with van der Waals surface area (Å²) in [6.45, 7) is 2.53. The van der Waals surface area contributed by atoms with E-state index >= 15 is 0 Å². The summed E-state index contributed by atoms with van der Waals surface area (Å²) in [6, 6.07) is 15.9. The highest BCUT2D eigenvalue weighted by molar-refractivity contribution is 6.02. The average molecular weight is 307 g/mol. The number of para-hydroxylation sites is 1. The van der Waals surface area contributed by atoms with Gasteiger partial charge in [0.15, 0.2) is 0 Å². The Labute approximate surface area is 133 Å². The maximum absolute atomic E-state index is 11.4. The van der Waals surface area contributed by atoms with Gasteiger partial charge in [0.1, 0.15) is 11.6 Å². The number of carbonyl (C=O) groups excluding carboxylic acids is 1. The molecule has 0 fully saturated rings. The van der Waals surface area contributed by atoms with Crippen molar-refractivity contribution in [1.29, 1.82) is 0 Å². The molecule has 5 heteroatoms. The molecule has 0 unspecified atom stereocenters. The van der Waals surface area contributed by atoms with Gasteiger partial charge >= 0.3 is 0 Å². The van der Waals surface area contributed by atoms with Crippen LogP contribution < -0.4 is 15.2 Å². The van der Waals surface area contributed by atoms with Crippen LogP contribution in [0.25, 0.3) is 10.9 Å². The standard InChI is InChI=1S/C18H16N2O3/c1-2-23-13-9-7-12(8-10-13)19-17-11-15(18(21)22)14-5-3-4-6-16(14)20-17/h3-11H,2H2,1H3,(H,19,20)(H,21,22)/p-1. The van der Waals surface area contributed by atoms with E-state index in [0.717, 1.165) is 11.4 Å². The van der Waals surface area contributed by atoms with Crippen LogP contribution >= 0.6 is 0 Å². The van der Waals surface area contributed by atoms with E-state index in [0.29, 0.717) is 23.3 Å². The van der Waals surface area contributed by atoms with Crippen LogP contribution in [-0.4, -0.2) is 17.6 Å². The first-order chi connectivity index (χ1) is 11.2. The maximum atomic E-state index is 11.4. The Hall–Kier alpha value is -3.08. The first kappa shape index (κ1) is 14.8. The quantitative estimate of drug-likeness (QED) is 0.784. The number of aromatic carboxylic acids is 1. The third-order valence-electron chi connectivity index (χ3n) is 3.37. The molecule has 2 aromatic carbocycles. The number of aromatic nitrogens is 1. The molecule has 1 heterocycles. The number of hydrogen-bond acceptors (Lipinski definition) is 5. The molecule has 23 heavy (non-hydrogen) atoms. The highest BCUT2D eigenvalue weighted by Crippen LogP contribution is 2.24. The second-order valence-electron chi connectivity index (χ2n) is 4.94. The number of carbonyl (C=O) groups is 1. The van der Waals surface area contributed by atoms with Crippen molar-refractivity contribution in [2.75, 3.05) is 11.9 Å². The van der Waals surface area contributed by atoms with E-state index in [2.05, 4.69) is 10.3 Å². The van der Waals surface area contributed by atoms with Crippen molar-refractivity contribution < 1.29 is 14.6 Å². The number of carboxylic acids is 1. The van der Waals surface area contributed by atoms with Gasteiger partial charge in [-0.15, -0.1) is 0 Å². The Morgan fingerprint density at radius 3 is 2.61 bits per heavy atom. The summed E-state index contributed by atoms with van der Waals surface area (Å²) in [7, 11) is 0. The number of benzene rings is 2. The summed E-state index contributed by atoms with van der Waals surface area (Å²) in [6.07, 6.45) is 0. The number of nitrogens with one attached hydrogen (secondary N) is 1. The Morgan fingerprint density at radius 2 is 1.91 bits per heavy atom. The molecular formula is C18H15N2O3-. The molecule has 0 saturated heterocycles. The summed E-state index contributed by atoms with van der Waals surface area (Å²) >= 11 is 0. The van der Waals surface area contributed by atoms with E-state index in [1.165, 1.54) is 6.07 Å². The molecule has 3 rings (SSSR count). The van der Waals surface area contributed by atoms with Gasteiger partial charge in [-0.1, -0.05) is 18.2 Å². The van der Waals surface area contributed by atoms with Crippen molar-refractivity contribution in [2.45, 2.75) is 6.92 Å². The van der Waals surface area contributed by atoms with Crippen LogP contribution in [0.1, 0.15) is 17.3 Å². The number of ether oxygens (including phenoxy) is 1. The summed E-state index contributed by atoms with van der Waals surface area (Å²) in [5, 5.41) is 15.0. The summed E-state index contributed by atoms with van der Waals surface area (Å²) in [5.41, 5.74) is 1.51. The molecular weight excluding hydrogens is 292 g/mol. The minimum atomic E-state index is -1.22. The van der Waals surface area contributed by atoms with Gasteiger partial charge < -0.3 is 20.0 Å². The lowest BCUT2D eigenvalue weighted by molar-refractivity contribution is -0.254. The van der Waals surface area contributed by atoms with Crippen LogP contribution in [0.3, 0.4) is 0 Å². The zero-order valence-corrected chi connectivity index (χ0v) is 12.6. The van der Waals surface area contributed by atoms with Gasteiger partial charge in [-0.2, -0.15) is 0 Å². The smallest absolute Gasteiger partial charge is 0.131 e. The van der Waals surface area contributed by atoms with Gasteiger partial charge in [-0.3, -0.25) is 0 Å². The molecule has 0 bridgehead atoms. The minimum Gasteiger partial charge on any atom is -0.545 e. The molecule has 0 aliphatic rings. The van der Waals surface area contributed by atoms with E-state index in [4.69, 9.17) is 4.74 Å². The number of fused-ring (bicyclic) bond motifs is 1. The van der Waals surface area contributed by atoms with E-state index in [1.54, 1.807) is 18.2 Å². The molecule has 3 aromatic rings. The Balaban J connectivity index is 1.95. The molecule has 5 nitrogen and oxygen atoms in total. The second-order valence-corrected chi connectivity index (χ2v) is 4.94. The Morgan fingerprint density at radius 1 is 1.17 bits per heavy atom. The molecule has 0 aliphatic heterocycles. The van der Waals surface area contributed by atoms with Crippen molar-refractivity contribution in [1.82, 2.24) is 4.98 Å². The van der Waals surface area contributed by atoms with Crippen molar-refractivity contribution in [2.24, 2.45) is 0 Å². The van der Waals surface area contributed by atoms with Gasteiger partial charge in [0.2, 0.25) is 0 Å². The molecule has 116 valence electrons. The molecule has 0 saturated carbocycles. The summed E-state index contributed by atoms with van der Waals surface area (Å²) in [5.74, 6) is 0.00495. The Bertz CT molecular complexity index is 845. The monoisotopic (exact) mass is 307 g/mol. The van der Waals surface area contributed by atoms with E-state index in [1.807, 2.05) is 37.3 Å². The largest absolute Gasteiger partial charge is 0.545 e. The summed E-state index contributed by atoms with van der Waals surface area (Å²) in [4.78, 5) is 15.8. The maximum Gasteiger partial charge on any atom is 0.131 e. The predicted molar refractivity (Wildman–Crippen MR) is 87.0 cm³/mol. The van der Waals surface area contributed by atoms with E-state index in [9.17, 15) is 9.90 Å². The lowest BCUT2D eigenvalue weighted by atomic mass is 10.1. The minimum absolute atomic E-state index is 0.115. The third-order valence-corrected chi connectivity index (χ3v) is 3.37. The molecule has 0 radical (unpaired) electrons. The van der Waals surface area contributed by atoms with Gasteiger partial charge in [0, 0.05) is 16.6 Å². The number of carboxylic acid groups (broad SMARTS) is 1. The molecule has 0 amide bonds. The fourth-order valence-electron chi connectivity index (χ4n) is 2.36. The highest BCUT2D eigenvalue weighted by atomic mass is 16.5. The van der Waals surface area contributed by atoms with Crippen LogP contribution in [-0.2, 0) is 0 Å². The molecule has 1 N–H and O–H groups in total. The third kappa shape index (κ3) is 3.23. The number of hydrogen-bond donors (Lipinski definition) is 1.